The van der Waals surface area contributed by atoms with Crippen molar-refractivity contribution in [3.05, 3.63) is 0 Å². The van der Waals surface area contributed by atoms with Crippen LogP contribution in [0.4, 0.5) is 0 Å². The standard InChI is InChI=1S/C23H46O2/c1-5-6-7-8-9-10-11-12-13-14-15-16-17-18-19-22(4)20-23(24)25-21(2)3/h21-22H,5-20H2,1-4H3. The molecular formula is C23H46O2. The van der Waals surface area contributed by atoms with Gasteiger partial charge in [-0.3, -0.25) is 4.79 Å². The van der Waals surface area contributed by atoms with Gasteiger partial charge in [-0.25, -0.2) is 0 Å². The smallest absolute Gasteiger partial charge is 0.306 e. The molecule has 0 radical (unpaired) electrons. The summed E-state index contributed by atoms with van der Waals surface area (Å²) in [4.78, 5) is 11.6. The lowest BCUT2D eigenvalue weighted by Gasteiger charge is -2.12. The Bertz CT molecular complexity index is 286. The number of carbonyl (C=O) groups excluding carboxylic acids is 1. The summed E-state index contributed by atoms with van der Waals surface area (Å²) < 4.78 is 5.21. The van der Waals surface area contributed by atoms with Crippen LogP contribution in [0.25, 0.3) is 0 Å². The first-order valence-corrected chi connectivity index (χ1v) is 11.3. The third kappa shape index (κ3) is 19.6. The fourth-order valence-electron chi connectivity index (χ4n) is 3.38. The van der Waals surface area contributed by atoms with Gasteiger partial charge in [0.2, 0.25) is 0 Å². The van der Waals surface area contributed by atoms with Crippen molar-refractivity contribution >= 4 is 5.97 Å². The highest BCUT2D eigenvalue weighted by molar-refractivity contribution is 5.69. The number of unbranched alkanes of at least 4 members (excludes halogenated alkanes) is 13. The Labute approximate surface area is 158 Å². The molecule has 0 aliphatic rings. The summed E-state index contributed by atoms with van der Waals surface area (Å²) in [6.45, 7) is 8.28. The largest absolute Gasteiger partial charge is 0.463 e. The molecule has 0 fully saturated rings. The molecular weight excluding hydrogens is 308 g/mol. The minimum absolute atomic E-state index is 0.0146. The molecule has 0 rings (SSSR count). The molecule has 25 heavy (non-hydrogen) atoms. The van der Waals surface area contributed by atoms with Gasteiger partial charge in [-0.1, -0.05) is 110 Å². The lowest BCUT2D eigenvalue weighted by atomic mass is 9.98. The zero-order valence-electron chi connectivity index (χ0n) is 17.8. The third-order valence-corrected chi connectivity index (χ3v) is 4.93. The van der Waals surface area contributed by atoms with Crippen LogP contribution in [0.15, 0.2) is 0 Å². The number of esters is 1. The molecule has 0 N–H and O–H groups in total. The quantitative estimate of drug-likeness (QED) is 0.185. The van der Waals surface area contributed by atoms with Crippen molar-refractivity contribution < 1.29 is 9.53 Å². The fourth-order valence-corrected chi connectivity index (χ4v) is 3.38. The van der Waals surface area contributed by atoms with E-state index in [0.29, 0.717) is 12.3 Å². The molecule has 2 nitrogen and oxygen atoms in total. The highest BCUT2D eigenvalue weighted by Gasteiger charge is 2.11. The first-order valence-electron chi connectivity index (χ1n) is 11.3. The molecule has 0 saturated carbocycles. The summed E-state index contributed by atoms with van der Waals surface area (Å²) in [6.07, 6.45) is 21.3. The van der Waals surface area contributed by atoms with Crippen LogP contribution in [0.3, 0.4) is 0 Å². The normalized spacial score (nSPS) is 12.5. The first kappa shape index (κ1) is 24.5. The number of ether oxygens (including phenoxy) is 1. The Balaban J connectivity index is 3.22. The van der Waals surface area contributed by atoms with E-state index < -0.39 is 0 Å². The molecule has 0 spiro atoms. The molecule has 0 aliphatic heterocycles. The van der Waals surface area contributed by atoms with E-state index in [-0.39, 0.29) is 12.1 Å². The maximum absolute atomic E-state index is 11.6. The van der Waals surface area contributed by atoms with Crippen LogP contribution in [0.5, 0.6) is 0 Å². The summed E-state index contributed by atoms with van der Waals surface area (Å²) >= 11 is 0. The van der Waals surface area contributed by atoms with Gasteiger partial charge < -0.3 is 4.74 Å². The third-order valence-electron chi connectivity index (χ3n) is 4.93. The zero-order valence-corrected chi connectivity index (χ0v) is 17.8. The molecule has 0 aromatic carbocycles. The van der Waals surface area contributed by atoms with E-state index in [9.17, 15) is 4.79 Å². The van der Waals surface area contributed by atoms with E-state index in [4.69, 9.17) is 4.74 Å². The van der Waals surface area contributed by atoms with Gasteiger partial charge in [0.25, 0.3) is 0 Å². The van der Waals surface area contributed by atoms with Gasteiger partial charge in [0.05, 0.1) is 6.10 Å². The minimum Gasteiger partial charge on any atom is -0.463 e. The van der Waals surface area contributed by atoms with E-state index in [2.05, 4.69) is 13.8 Å². The van der Waals surface area contributed by atoms with E-state index in [1.807, 2.05) is 13.8 Å². The Morgan fingerprint density at radius 2 is 1.08 bits per heavy atom. The molecule has 1 unspecified atom stereocenters. The zero-order chi connectivity index (χ0) is 18.8. The van der Waals surface area contributed by atoms with Crippen molar-refractivity contribution in [3.8, 4) is 0 Å². The maximum atomic E-state index is 11.6. The second-order valence-electron chi connectivity index (χ2n) is 8.23. The van der Waals surface area contributed by atoms with E-state index in [1.165, 1.54) is 89.9 Å². The lowest BCUT2D eigenvalue weighted by molar-refractivity contribution is -0.148. The second kappa shape index (κ2) is 18.3. The van der Waals surface area contributed by atoms with E-state index in [1.54, 1.807) is 0 Å². The summed E-state index contributed by atoms with van der Waals surface area (Å²) in [5, 5.41) is 0. The van der Waals surface area contributed by atoms with Crippen LogP contribution in [0.1, 0.15) is 130 Å². The molecule has 150 valence electrons. The van der Waals surface area contributed by atoms with Gasteiger partial charge in [-0.2, -0.15) is 0 Å². The predicted octanol–water partition coefficient (Wildman–Crippen LogP) is 7.84. The van der Waals surface area contributed by atoms with Gasteiger partial charge in [-0.15, -0.1) is 0 Å². The van der Waals surface area contributed by atoms with Crippen LogP contribution in [-0.4, -0.2) is 12.1 Å². The van der Waals surface area contributed by atoms with Crippen molar-refractivity contribution in [2.75, 3.05) is 0 Å². The Kier molecular flexibility index (Phi) is 17.9. The molecule has 1 atom stereocenters. The van der Waals surface area contributed by atoms with Crippen molar-refractivity contribution in [2.45, 2.75) is 137 Å². The average Bonchev–Trinajstić information content (AvgIpc) is 2.54. The van der Waals surface area contributed by atoms with Crippen molar-refractivity contribution in [3.63, 3.8) is 0 Å². The molecule has 0 aromatic heterocycles. The molecule has 2 heteroatoms. The van der Waals surface area contributed by atoms with Crippen LogP contribution < -0.4 is 0 Å². The van der Waals surface area contributed by atoms with Gasteiger partial charge in [0.15, 0.2) is 0 Å². The van der Waals surface area contributed by atoms with Crippen molar-refractivity contribution in [1.29, 1.82) is 0 Å². The predicted molar refractivity (Wildman–Crippen MR) is 110 cm³/mol. The maximum Gasteiger partial charge on any atom is 0.306 e. The van der Waals surface area contributed by atoms with Gasteiger partial charge in [0.1, 0.15) is 0 Å². The van der Waals surface area contributed by atoms with Crippen LogP contribution >= 0.6 is 0 Å². The second-order valence-corrected chi connectivity index (χ2v) is 8.23. The molecule has 0 bridgehead atoms. The number of hydrogen-bond donors (Lipinski definition) is 0. The van der Waals surface area contributed by atoms with Crippen LogP contribution in [-0.2, 0) is 9.53 Å². The van der Waals surface area contributed by atoms with Crippen molar-refractivity contribution in [2.24, 2.45) is 5.92 Å². The van der Waals surface area contributed by atoms with Crippen molar-refractivity contribution in [1.82, 2.24) is 0 Å². The van der Waals surface area contributed by atoms with E-state index >= 15 is 0 Å². The highest BCUT2D eigenvalue weighted by atomic mass is 16.5. The number of carbonyl (C=O) groups is 1. The Morgan fingerprint density at radius 1 is 0.680 bits per heavy atom. The summed E-state index contributed by atoms with van der Waals surface area (Å²) in [6, 6.07) is 0. The van der Waals surface area contributed by atoms with Gasteiger partial charge >= 0.3 is 5.97 Å². The molecule has 0 saturated heterocycles. The van der Waals surface area contributed by atoms with Crippen LogP contribution in [0.2, 0.25) is 0 Å². The molecule has 0 aromatic rings. The SMILES string of the molecule is CCCCCCCCCCCCCCCCC(C)CC(=O)OC(C)C. The summed E-state index contributed by atoms with van der Waals surface area (Å²) in [5.41, 5.74) is 0. The average molecular weight is 355 g/mol. The molecule has 0 amide bonds. The van der Waals surface area contributed by atoms with Gasteiger partial charge in [-0.05, 0) is 19.8 Å². The minimum atomic E-state index is -0.0344. The Hall–Kier alpha value is -0.530. The highest BCUT2D eigenvalue weighted by Crippen LogP contribution is 2.17. The topological polar surface area (TPSA) is 26.3 Å². The number of rotatable bonds is 18. The molecule has 0 heterocycles. The summed E-state index contributed by atoms with van der Waals surface area (Å²) in [7, 11) is 0. The molecule has 0 aliphatic carbocycles. The lowest BCUT2D eigenvalue weighted by Crippen LogP contribution is -2.14. The number of hydrogen-bond acceptors (Lipinski definition) is 2. The fraction of sp³-hybridized carbons (Fsp3) is 0.957. The van der Waals surface area contributed by atoms with E-state index in [0.717, 1.165) is 6.42 Å². The van der Waals surface area contributed by atoms with Crippen LogP contribution in [0, 0.1) is 5.92 Å². The Morgan fingerprint density at radius 3 is 1.48 bits per heavy atom. The monoisotopic (exact) mass is 354 g/mol. The summed E-state index contributed by atoms with van der Waals surface area (Å²) in [5.74, 6) is 0.427. The van der Waals surface area contributed by atoms with Gasteiger partial charge in [0, 0.05) is 6.42 Å². The first-order chi connectivity index (χ1) is 12.1.